The summed E-state index contributed by atoms with van der Waals surface area (Å²) in [4.78, 5) is 24.3. The first-order valence-electron chi connectivity index (χ1n) is 7.28. The van der Waals surface area contributed by atoms with Crippen molar-refractivity contribution in [3.63, 3.8) is 0 Å². The van der Waals surface area contributed by atoms with E-state index in [0.29, 0.717) is 4.91 Å². The van der Waals surface area contributed by atoms with E-state index in [2.05, 4.69) is 17.4 Å². The second-order valence-electron chi connectivity index (χ2n) is 5.28. The molecule has 22 heavy (non-hydrogen) atoms. The second kappa shape index (κ2) is 6.79. The molecule has 2 aliphatic rings. The number of rotatable bonds is 3. The van der Waals surface area contributed by atoms with E-state index >= 15 is 0 Å². The molecule has 1 amide bonds. The van der Waals surface area contributed by atoms with Crippen LogP contribution in [-0.4, -0.2) is 28.5 Å². The lowest BCUT2D eigenvalue weighted by Gasteiger charge is -2.27. The third kappa shape index (κ3) is 3.17. The molecule has 1 aromatic carbocycles. The molecule has 3 rings (SSSR count). The van der Waals surface area contributed by atoms with Crippen molar-refractivity contribution in [2.75, 3.05) is 11.5 Å². The maximum Gasteiger partial charge on any atom is 0.343 e. The Morgan fingerprint density at radius 1 is 1.14 bits per heavy atom. The number of fused-ring (bicyclic) bond motifs is 1. The van der Waals surface area contributed by atoms with Gasteiger partial charge in [-0.2, -0.15) is 0 Å². The van der Waals surface area contributed by atoms with Crippen LogP contribution >= 0.6 is 23.5 Å². The Balaban J connectivity index is 1.82. The molecule has 1 aliphatic heterocycles. The molecular formula is C16H17NO3S2. The van der Waals surface area contributed by atoms with Gasteiger partial charge in [0.1, 0.15) is 4.91 Å². The number of aryl methyl sites for hydroxylation is 1. The maximum atomic E-state index is 12.5. The number of carbonyl (C=O) groups excluding carboxylic acids is 1. The lowest BCUT2D eigenvalue weighted by molar-refractivity contribution is -0.132. The number of hydrogen-bond acceptors (Lipinski definition) is 4. The first-order chi connectivity index (χ1) is 10.7. The molecule has 0 bridgehead atoms. The van der Waals surface area contributed by atoms with Crippen molar-refractivity contribution < 1.29 is 14.7 Å². The molecule has 6 heteroatoms. The van der Waals surface area contributed by atoms with Crippen molar-refractivity contribution in [3.8, 4) is 0 Å². The monoisotopic (exact) mass is 335 g/mol. The number of amides is 1. The van der Waals surface area contributed by atoms with Crippen LogP contribution in [0.3, 0.4) is 0 Å². The Bertz CT molecular complexity index is 642. The van der Waals surface area contributed by atoms with Crippen LogP contribution in [0.4, 0.5) is 0 Å². The largest absolute Gasteiger partial charge is 0.477 e. The highest BCUT2D eigenvalue weighted by Crippen LogP contribution is 2.36. The summed E-state index contributed by atoms with van der Waals surface area (Å²) in [5, 5.41) is 12.3. The second-order valence-corrected chi connectivity index (χ2v) is 7.49. The minimum atomic E-state index is -1.01. The van der Waals surface area contributed by atoms with Crippen LogP contribution < -0.4 is 5.32 Å². The molecule has 0 saturated carbocycles. The highest BCUT2D eigenvalue weighted by atomic mass is 32.2. The number of benzene rings is 1. The highest BCUT2D eigenvalue weighted by molar-refractivity contribution is 8.11. The predicted molar refractivity (Wildman–Crippen MR) is 89.8 cm³/mol. The molecule has 1 aliphatic carbocycles. The van der Waals surface area contributed by atoms with Gasteiger partial charge in [0.05, 0.1) is 10.9 Å². The summed E-state index contributed by atoms with van der Waals surface area (Å²) >= 11 is 2.60. The van der Waals surface area contributed by atoms with E-state index in [1.54, 1.807) is 0 Å². The van der Waals surface area contributed by atoms with Crippen molar-refractivity contribution in [2.24, 2.45) is 0 Å². The van der Waals surface area contributed by atoms with Gasteiger partial charge >= 0.3 is 5.97 Å². The lowest BCUT2D eigenvalue weighted by atomic mass is 9.88. The summed E-state index contributed by atoms with van der Waals surface area (Å²) in [6, 6.07) is 8.13. The molecule has 0 spiro atoms. The molecule has 1 heterocycles. The smallest absolute Gasteiger partial charge is 0.343 e. The zero-order valence-electron chi connectivity index (χ0n) is 12.0. The summed E-state index contributed by atoms with van der Waals surface area (Å²) in [5.74, 6) is 0.239. The van der Waals surface area contributed by atoms with E-state index in [1.807, 2.05) is 12.1 Å². The molecule has 0 radical (unpaired) electrons. The van der Waals surface area contributed by atoms with E-state index in [1.165, 1.54) is 29.1 Å². The van der Waals surface area contributed by atoms with Crippen LogP contribution in [0.25, 0.3) is 0 Å². The summed E-state index contributed by atoms with van der Waals surface area (Å²) < 4.78 is 0. The van der Waals surface area contributed by atoms with E-state index in [9.17, 15) is 14.7 Å². The van der Waals surface area contributed by atoms with Gasteiger partial charge in [-0.3, -0.25) is 4.79 Å². The summed E-state index contributed by atoms with van der Waals surface area (Å²) in [7, 11) is 0. The Morgan fingerprint density at radius 2 is 1.86 bits per heavy atom. The van der Waals surface area contributed by atoms with E-state index < -0.39 is 5.97 Å². The van der Waals surface area contributed by atoms with Crippen LogP contribution in [0, 0.1) is 0 Å². The minimum Gasteiger partial charge on any atom is -0.477 e. The summed E-state index contributed by atoms with van der Waals surface area (Å²) in [5.41, 5.74) is 2.44. The third-order valence-corrected chi connectivity index (χ3v) is 6.41. The molecule has 1 atom stereocenters. The van der Waals surface area contributed by atoms with Gasteiger partial charge in [0.15, 0.2) is 0 Å². The minimum absolute atomic E-state index is 0.0208. The van der Waals surface area contributed by atoms with Gasteiger partial charge in [-0.25, -0.2) is 4.79 Å². The van der Waals surface area contributed by atoms with Crippen LogP contribution in [0.2, 0.25) is 0 Å². The molecule has 4 nitrogen and oxygen atoms in total. The topological polar surface area (TPSA) is 66.4 Å². The molecular weight excluding hydrogens is 318 g/mol. The summed E-state index contributed by atoms with van der Waals surface area (Å²) in [6.45, 7) is 0. The van der Waals surface area contributed by atoms with Gasteiger partial charge in [0, 0.05) is 11.5 Å². The van der Waals surface area contributed by atoms with E-state index in [0.717, 1.165) is 36.3 Å². The fraction of sp³-hybridized carbons (Fsp3) is 0.375. The number of nitrogens with one attached hydrogen (secondary N) is 1. The number of aliphatic carboxylic acids is 1. The summed E-state index contributed by atoms with van der Waals surface area (Å²) in [6.07, 6.45) is 2.97. The Kier molecular flexibility index (Phi) is 4.78. The van der Waals surface area contributed by atoms with Crippen LogP contribution in [0.15, 0.2) is 34.1 Å². The average Bonchev–Trinajstić information content (AvgIpc) is 2.55. The van der Waals surface area contributed by atoms with E-state index in [4.69, 9.17) is 0 Å². The molecule has 0 saturated heterocycles. The van der Waals surface area contributed by atoms with Crippen molar-refractivity contribution in [1.82, 2.24) is 5.32 Å². The first-order valence-corrected chi connectivity index (χ1v) is 9.26. The van der Waals surface area contributed by atoms with Gasteiger partial charge in [0.2, 0.25) is 0 Å². The van der Waals surface area contributed by atoms with Gasteiger partial charge < -0.3 is 10.4 Å². The van der Waals surface area contributed by atoms with Gasteiger partial charge in [-0.1, -0.05) is 24.3 Å². The van der Waals surface area contributed by atoms with Gasteiger partial charge in [-0.05, 0) is 30.4 Å². The first kappa shape index (κ1) is 15.5. The Morgan fingerprint density at radius 3 is 2.64 bits per heavy atom. The number of hydrogen-bond donors (Lipinski definition) is 2. The molecule has 2 N–H and O–H groups in total. The highest BCUT2D eigenvalue weighted by Gasteiger charge is 2.28. The Labute approximate surface area is 137 Å². The standard InChI is InChI=1S/C16H17NO3S2/c18-15(13-14(16(19)20)22-9-8-21-13)17-12-7-3-5-10-4-1-2-6-11(10)12/h1-2,4,6,12H,3,5,7-9H2,(H,17,18)(H,19,20)/t12-/m0/s1. The number of carboxylic acid groups (broad SMARTS) is 1. The van der Waals surface area contributed by atoms with Gasteiger partial charge in [0.25, 0.3) is 5.91 Å². The number of carbonyl (C=O) groups is 2. The fourth-order valence-corrected chi connectivity index (χ4v) is 5.06. The molecule has 0 aromatic heterocycles. The third-order valence-electron chi connectivity index (χ3n) is 3.86. The van der Waals surface area contributed by atoms with Crippen LogP contribution in [0.5, 0.6) is 0 Å². The lowest BCUT2D eigenvalue weighted by Crippen LogP contribution is -2.32. The molecule has 116 valence electrons. The zero-order chi connectivity index (χ0) is 15.5. The molecule has 0 fully saturated rings. The Hall–Kier alpha value is -1.40. The maximum absolute atomic E-state index is 12.5. The number of thioether (sulfide) groups is 2. The molecule has 1 aromatic rings. The quantitative estimate of drug-likeness (QED) is 0.889. The predicted octanol–water partition coefficient (Wildman–Crippen LogP) is 2.96. The molecule has 0 unspecified atom stereocenters. The van der Waals surface area contributed by atoms with Crippen molar-refractivity contribution in [3.05, 3.63) is 45.2 Å². The van der Waals surface area contributed by atoms with Crippen molar-refractivity contribution >= 4 is 35.4 Å². The number of carboxylic acids is 1. The van der Waals surface area contributed by atoms with Crippen molar-refractivity contribution in [1.29, 1.82) is 0 Å². The van der Waals surface area contributed by atoms with Gasteiger partial charge in [-0.15, -0.1) is 23.5 Å². The fourth-order valence-electron chi connectivity index (χ4n) is 2.87. The van der Waals surface area contributed by atoms with Crippen LogP contribution in [0.1, 0.15) is 30.0 Å². The zero-order valence-corrected chi connectivity index (χ0v) is 13.6. The van der Waals surface area contributed by atoms with Crippen molar-refractivity contribution in [2.45, 2.75) is 25.3 Å². The normalized spacial score (nSPS) is 21.2. The average molecular weight is 335 g/mol. The SMILES string of the molecule is O=C(O)C1=C(C(=O)N[C@H]2CCCc3ccccc32)SCCS1. The van der Waals surface area contributed by atoms with E-state index in [-0.39, 0.29) is 16.9 Å². The van der Waals surface area contributed by atoms with Crippen LogP contribution in [-0.2, 0) is 16.0 Å².